The van der Waals surface area contributed by atoms with Gasteiger partial charge in [0.1, 0.15) is 0 Å². The Morgan fingerprint density at radius 1 is 1.03 bits per heavy atom. The molecule has 1 fully saturated rings. The van der Waals surface area contributed by atoms with E-state index in [1.165, 1.54) is 11.8 Å². The molecule has 6 nitrogen and oxygen atoms in total. The summed E-state index contributed by atoms with van der Waals surface area (Å²) in [4.78, 5) is 32.2. The second-order valence-electron chi connectivity index (χ2n) is 6.89. The number of hydrogen-bond acceptors (Lipinski definition) is 5. The lowest BCUT2D eigenvalue weighted by Gasteiger charge is -2.26. The van der Waals surface area contributed by atoms with Crippen molar-refractivity contribution in [3.05, 3.63) is 70.5 Å². The van der Waals surface area contributed by atoms with Crippen molar-refractivity contribution in [3.63, 3.8) is 0 Å². The Labute approximate surface area is 173 Å². The van der Waals surface area contributed by atoms with Crippen LogP contribution in [-0.4, -0.2) is 52.4 Å². The molecule has 29 heavy (non-hydrogen) atoms. The van der Waals surface area contributed by atoms with E-state index in [0.29, 0.717) is 48.9 Å². The minimum absolute atomic E-state index is 0.0512. The molecule has 4 rings (SSSR count). The molecule has 1 amide bonds. The molecule has 3 aromatic rings. The average Bonchev–Trinajstić information content (AvgIpc) is 2.78. The minimum Gasteiger partial charge on any atom is -0.378 e. The second-order valence-corrected chi connectivity index (χ2v) is 7.83. The van der Waals surface area contributed by atoms with Crippen molar-refractivity contribution in [2.24, 2.45) is 0 Å². The number of morpholine rings is 1. The first-order valence-corrected chi connectivity index (χ1v) is 10.7. The summed E-state index contributed by atoms with van der Waals surface area (Å²) in [6.07, 6.45) is 0.728. The van der Waals surface area contributed by atoms with E-state index >= 15 is 0 Å². The number of para-hydroxylation sites is 1. The molecule has 1 aliphatic rings. The molecule has 0 atom stereocenters. The van der Waals surface area contributed by atoms with Crippen LogP contribution in [0.5, 0.6) is 0 Å². The van der Waals surface area contributed by atoms with Crippen LogP contribution in [-0.2, 0) is 22.5 Å². The van der Waals surface area contributed by atoms with Gasteiger partial charge in [0, 0.05) is 19.6 Å². The number of carbonyl (C=O) groups is 1. The molecule has 2 aromatic carbocycles. The molecule has 1 aliphatic heterocycles. The zero-order valence-electron chi connectivity index (χ0n) is 16.1. The predicted octanol–water partition coefficient (Wildman–Crippen LogP) is 2.59. The Hall–Kier alpha value is -2.64. The van der Waals surface area contributed by atoms with Crippen molar-refractivity contribution in [2.45, 2.75) is 18.1 Å². The summed E-state index contributed by atoms with van der Waals surface area (Å²) in [5.74, 6) is 0.311. The molecule has 1 saturated heterocycles. The maximum Gasteiger partial charge on any atom is 0.262 e. The summed E-state index contributed by atoms with van der Waals surface area (Å²) in [7, 11) is 0. The Balaban J connectivity index is 1.58. The summed E-state index contributed by atoms with van der Waals surface area (Å²) < 4.78 is 7.01. The van der Waals surface area contributed by atoms with Crippen molar-refractivity contribution in [1.29, 1.82) is 0 Å². The van der Waals surface area contributed by atoms with E-state index in [9.17, 15) is 9.59 Å². The number of nitrogens with zero attached hydrogens (tertiary/aromatic N) is 3. The van der Waals surface area contributed by atoms with E-state index in [-0.39, 0.29) is 17.2 Å². The van der Waals surface area contributed by atoms with Gasteiger partial charge in [-0.05, 0) is 24.1 Å². The highest BCUT2D eigenvalue weighted by Gasteiger charge is 2.19. The van der Waals surface area contributed by atoms with Gasteiger partial charge in [-0.25, -0.2) is 4.98 Å². The quantitative estimate of drug-likeness (QED) is 0.463. The number of fused-ring (bicyclic) bond motifs is 1. The number of benzene rings is 2. The van der Waals surface area contributed by atoms with Gasteiger partial charge in [0.05, 0.1) is 29.9 Å². The standard InChI is InChI=1S/C22H23N3O3S/c26-20(24-12-14-28-15-13-24)16-29-22-23-19-9-5-4-8-18(19)21(27)25(22)11-10-17-6-2-1-3-7-17/h1-9H,10-16H2. The van der Waals surface area contributed by atoms with Crippen LogP contribution in [0, 0.1) is 0 Å². The molecular weight excluding hydrogens is 386 g/mol. The predicted molar refractivity (Wildman–Crippen MR) is 114 cm³/mol. The van der Waals surface area contributed by atoms with Gasteiger partial charge < -0.3 is 9.64 Å². The van der Waals surface area contributed by atoms with Gasteiger partial charge >= 0.3 is 0 Å². The Morgan fingerprint density at radius 2 is 1.76 bits per heavy atom. The summed E-state index contributed by atoms with van der Waals surface area (Å²) in [5.41, 5.74) is 1.76. The first kappa shape index (κ1) is 19.7. The van der Waals surface area contributed by atoms with E-state index in [1.54, 1.807) is 10.6 Å². The van der Waals surface area contributed by atoms with E-state index in [0.717, 1.165) is 12.0 Å². The van der Waals surface area contributed by atoms with Crippen molar-refractivity contribution >= 4 is 28.6 Å². The van der Waals surface area contributed by atoms with Crippen molar-refractivity contribution in [1.82, 2.24) is 14.5 Å². The van der Waals surface area contributed by atoms with Gasteiger partial charge in [0.2, 0.25) is 5.91 Å². The number of aromatic nitrogens is 2. The van der Waals surface area contributed by atoms with Gasteiger partial charge in [-0.3, -0.25) is 14.2 Å². The number of thioether (sulfide) groups is 1. The lowest BCUT2D eigenvalue weighted by atomic mass is 10.1. The van der Waals surface area contributed by atoms with Crippen LogP contribution in [0.3, 0.4) is 0 Å². The molecule has 7 heteroatoms. The molecule has 0 radical (unpaired) electrons. The topological polar surface area (TPSA) is 64.4 Å². The number of aryl methyl sites for hydroxylation is 1. The van der Waals surface area contributed by atoms with Crippen molar-refractivity contribution in [2.75, 3.05) is 32.1 Å². The fraction of sp³-hybridized carbons (Fsp3) is 0.318. The highest BCUT2D eigenvalue weighted by atomic mass is 32.2. The van der Waals surface area contributed by atoms with E-state index < -0.39 is 0 Å². The molecule has 0 aliphatic carbocycles. The van der Waals surface area contributed by atoms with Gasteiger partial charge in [-0.15, -0.1) is 0 Å². The molecule has 1 aromatic heterocycles. The van der Waals surface area contributed by atoms with E-state index in [1.807, 2.05) is 53.4 Å². The van der Waals surface area contributed by atoms with E-state index in [2.05, 4.69) is 0 Å². The van der Waals surface area contributed by atoms with Crippen molar-refractivity contribution < 1.29 is 9.53 Å². The van der Waals surface area contributed by atoms with Crippen LogP contribution in [0.1, 0.15) is 5.56 Å². The monoisotopic (exact) mass is 409 g/mol. The van der Waals surface area contributed by atoms with Crippen LogP contribution in [0.2, 0.25) is 0 Å². The zero-order chi connectivity index (χ0) is 20.1. The summed E-state index contributed by atoms with van der Waals surface area (Å²) in [6, 6.07) is 17.4. The summed E-state index contributed by atoms with van der Waals surface area (Å²) in [6.45, 7) is 2.91. The molecule has 0 unspecified atom stereocenters. The van der Waals surface area contributed by atoms with Crippen molar-refractivity contribution in [3.8, 4) is 0 Å². The van der Waals surface area contributed by atoms with Crippen LogP contribution in [0.15, 0.2) is 64.5 Å². The Bertz CT molecular complexity index is 1050. The Morgan fingerprint density at radius 3 is 2.55 bits per heavy atom. The fourth-order valence-electron chi connectivity index (χ4n) is 3.37. The second kappa shape index (κ2) is 9.24. The molecule has 2 heterocycles. The molecular formula is C22H23N3O3S. The maximum atomic E-state index is 13.1. The number of amides is 1. The number of ether oxygens (including phenoxy) is 1. The zero-order valence-corrected chi connectivity index (χ0v) is 16.9. The maximum absolute atomic E-state index is 13.1. The van der Waals surface area contributed by atoms with Gasteiger partial charge in [-0.2, -0.15) is 0 Å². The molecule has 0 N–H and O–H groups in total. The van der Waals surface area contributed by atoms with Gasteiger partial charge in [0.15, 0.2) is 5.16 Å². The third-order valence-corrected chi connectivity index (χ3v) is 5.94. The number of rotatable bonds is 6. The van der Waals surface area contributed by atoms with Crippen LogP contribution < -0.4 is 5.56 Å². The smallest absolute Gasteiger partial charge is 0.262 e. The Kier molecular flexibility index (Phi) is 6.27. The normalized spacial score (nSPS) is 14.3. The van der Waals surface area contributed by atoms with Crippen LogP contribution in [0.25, 0.3) is 10.9 Å². The third-order valence-electron chi connectivity index (χ3n) is 4.98. The molecule has 0 saturated carbocycles. The first-order valence-electron chi connectivity index (χ1n) is 9.74. The van der Waals surface area contributed by atoms with Gasteiger partial charge in [-0.1, -0.05) is 54.2 Å². The highest BCUT2D eigenvalue weighted by molar-refractivity contribution is 7.99. The average molecular weight is 410 g/mol. The SMILES string of the molecule is O=C(CSc1nc2ccccc2c(=O)n1CCc1ccccc1)N1CCOCC1. The summed E-state index contributed by atoms with van der Waals surface area (Å²) >= 11 is 1.33. The number of carbonyl (C=O) groups excluding carboxylic acids is 1. The largest absolute Gasteiger partial charge is 0.378 e. The minimum atomic E-state index is -0.0622. The highest BCUT2D eigenvalue weighted by Crippen LogP contribution is 2.19. The molecule has 0 spiro atoms. The van der Waals surface area contributed by atoms with Crippen LogP contribution in [0.4, 0.5) is 0 Å². The molecule has 0 bridgehead atoms. The lowest BCUT2D eigenvalue weighted by molar-refractivity contribution is -0.132. The fourth-order valence-corrected chi connectivity index (χ4v) is 4.30. The van der Waals surface area contributed by atoms with Crippen LogP contribution >= 0.6 is 11.8 Å². The van der Waals surface area contributed by atoms with Gasteiger partial charge in [0.25, 0.3) is 5.56 Å². The van der Waals surface area contributed by atoms with E-state index in [4.69, 9.17) is 9.72 Å². The third kappa shape index (κ3) is 4.68. The number of hydrogen-bond donors (Lipinski definition) is 0. The molecule has 150 valence electrons. The lowest BCUT2D eigenvalue weighted by Crippen LogP contribution is -2.41. The summed E-state index contributed by atoms with van der Waals surface area (Å²) in [5, 5.41) is 1.19. The first-order chi connectivity index (χ1) is 14.2.